The highest BCUT2D eigenvalue weighted by molar-refractivity contribution is 7.28. The maximum atomic E-state index is 11.7. The fraction of sp³-hybridized carbons (Fsp3) is 0.321. The highest BCUT2D eigenvalue weighted by atomic mass is 31.0. The normalized spacial score (nSPS) is 22.0. The zero-order valence-corrected chi connectivity index (χ0v) is 21.7. The van der Waals surface area contributed by atoms with E-state index < -0.39 is 11.4 Å². The molecule has 1 aliphatic heterocycles. The van der Waals surface area contributed by atoms with Crippen molar-refractivity contribution in [1.82, 2.24) is 15.2 Å². The lowest BCUT2D eigenvalue weighted by Gasteiger charge is -2.40. The maximum Gasteiger partial charge on any atom is 0.322 e. The molecule has 7 nitrogen and oxygen atoms in total. The summed E-state index contributed by atoms with van der Waals surface area (Å²) in [7, 11) is 4.90. The summed E-state index contributed by atoms with van der Waals surface area (Å²) < 4.78 is 12.1. The molecular weight excluding hydrogens is 484 g/mol. The van der Waals surface area contributed by atoms with Crippen LogP contribution < -0.4 is 15.5 Å². The van der Waals surface area contributed by atoms with E-state index in [4.69, 9.17) is 20.9 Å². The predicted molar refractivity (Wildman–Crippen MR) is 150 cm³/mol. The van der Waals surface area contributed by atoms with Gasteiger partial charge in [0.15, 0.2) is 0 Å². The summed E-state index contributed by atoms with van der Waals surface area (Å²) in [6.07, 6.45) is 9.36. The number of carboxylic acids is 1. The number of rotatable bonds is 5. The predicted octanol–water partition coefficient (Wildman–Crippen LogP) is 2.68. The van der Waals surface area contributed by atoms with Crippen molar-refractivity contribution in [3.8, 4) is 29.4 Å². The van der Waals surface area contributed by atoms with Gasteiger partial charge in [0, 0.05) is 48.3 Å². The average molecular weight is 511 g/mol. The zero-order valence-electron chi connectivity index (χ0n) is 20.6. The van der Waals surface area contributed by atoms with Gasteiger partial charge in [0.05, 0.1) is 17.4 Å². The number of pyridine rings is 1. The Morgan fingerprint density at radius 2 is 2.03 bits per heavy atom. The van der Waals surface area contributed by atoms with Gasteiger partial charge >= 0.3 is 5.97 Å². The molecule has 2 aliphatic rings. The minimum Gasteiger partial charge on any atom is -0.480 e. The van der Waals surface area contributed by atoms with Crippen molar-refractivity contribution in [2.75, 3.05) is 13.2 Å². The van der Waals surface area contributed by atoms with Gasteiger partial charge in [0.25, 0.3) is 0 Å². The summed E-state index contributed by atoms with van der Waals surface area (Å²) in [5.74, 6) is 2.22. The van der Waals surface area contributed by atoms with Crippen LogP contribution in [0.15, 0.2) is 36.5 Å². The molecule has 1 atom stereocenters. The van der Waals surface area contributed by atoms with Crippen molar-refractivity contribution in [2.45, 2.75) is 37.7 Å². The monoisotopic (exact) mass is 511 g/mol. The number of aromatic amines is 1. The van der Waals surface area contributed by atoms with Crippen LogP contribution in [0.1, 0.15) is 37.3 Å². The van der Waals surface area contributed by atoms with Gasteiger partial charge in [0.1, 0.15) is 19.4 Å². The van der Waals surface area contributed by atoms with E-state index >= 15 is 0 Å². The van der Waals surface area contributed by atoms with E-state index in [1.165, 1.54) is 5.46 Å². The molecule has 37 heavy (non-hydrogen) atoms. The Balaban J connectivity index is 1.55. The number of hydrogen-bond acceptors (Lipinski definition) is 5. The molecule has 4 aromatic rings. The first-order valence-electron chi connectivity index (χ1n) is 12.5. The lowest BCUT2D eigenvalue weighted by molar-refractivity contribution is -0.154. The van der Waals surface area contributed by atoms with Crippen molar-refractivity contribution >= 4 is 55.5 Å². The van der Waals surface area contributed by atoms with E-state index in [1.807, 2.05) is 12.3 Å². The van der Waals surface area contributed by atoms with E-state index in [0.717, 1.165) is 56.6 Å². The number of carbonyl (C=O) groups is 1. The van der Waals surface area contributed by atoms with E-state index in [1.54, 1.807) is 0 Å². The highest BCUT2D eigenvalue weighted by Crippen LogP contribution is 2.46. The topological polar surface area (TPSA) is 97.3 Å². The molecule has 3 heterocycles. The van der Waals surface area contributed by atoms with Gasteiger partial charge < -0.3 is 14.6 Å². The number of aromatic nitrogens is 3. The first-order valence-corrected chi connectivity index (χ1v) is 13.1. The Kier molecular flexibility index (Phi) is 5.94. The molecule has 2 aromatic carbocycles. The van der Waals surface area contributed by atoms with Gasteiger partial charge in [-0.25, -0.2) is 4.98 Å². The molecule has 1 saturated carbocycles. The van der Waals surface area contributed by atoms with E-state index in [0.29, 0.717) is 19.1 Å². The van der Waals surface area contributed by atoms with Crippen LogP contribution >= 0.6 is 9.24 Å². The Labute approximate surface area is 218 Å². The lowest BCUT2D eigenvalue weighted by atomic mass is 9.67. The van der Waals surface area contributed by atoms with Gasteiger partial charge in [0.2, 0.25) is 5.88 Å². The van der Waals surface area contributed by atoms with Crippen LogP contribution in [-0.4, -0.2) is 53.4 Å². The third-order valence-corrected chi connectivity index (χ3v) is 8.49. The summed E-state index contributed by atoms with van der Waals surface area (Å²) in [6.45, 7) is 1.38. The number of nitrogens with one attached hydrogen (secondary N) is 1. The van der Waals surface area contributed by atoms with Crippen molar-refractivity contribution in [3.05, 3.63) is 42.2 Å². The summed E-state index contributed by atoms with van der Waals surface area (Å²) in [5, 5.41) is 21.0. The van der Waals surface area contributed by atoms with Crippen molar-refractivity contribution in [3.63, 3.8) is 0 Å². The average Bonchev–Trinajstić information content (AvgIpc) is 3.34. The molecule has 2 N–H and O–H groups in total. The van der Waals surface area contributed by atoms with Crippen LogP contribution in [0.25, 0.3) is 32.8 Å². The molecule has 0 radical (unpaired) electrons. The Morgan fingerprint density at radius 1 is 1.24 bits per heavy atom. The van der Waals surface area contributed by atoms with E-state index in [-0.39, 0.29) is 24.9 Å². The molecule has 186 valence electrons. The number of hydrogen-bond donors (Lipinski definition) is 2. The fourth-order valence-corrected chi connectivity index (χ4v) is 5.72. The van der Waals surface area contributed by atoms with E-state index in [2.05, 4.69) is 57.5 Å². The van der Waals surface area contributed by atoms with Crippen LogP contribution in [0.5, 0.6) is 5.88 Å². The molecule has 0 spiro atoms. The number of aliphatic carboxylic acids is 1. The number of terminal acetylenes is 1. The number of carboxylic acid groups (broad SMARTS) is 1. The molecule has 2 aromatic heterocycles. The van der Waals surface area contributed by atoms with Crippen LogP contribution in [-0.2, 0) is 9.53 Å². The Bertz CT molecular complexity index is 1580. The maximum absolute atomic E-state index is 11.7. The van der Waals surface area contributed by atoms with Crippen LogP contribution in [0, 0.1) is 17.8 Å². The van der Waals surface area contributed by atoms with Crippen LogP contribution in [0.4, 0.5) is 0 Å². The number of nitrogens with zero attached hydrogens (tertiary/aromatic N) is 2. The second kappa shape index (κ2) is 9.17. The van der Waals surface area contributed by atoms with Crippen LogP contribution in [0.3, 0.4) is 0 Å². The Hall–Kier alpha value is -3.40. The zero-order chi connectivity index (χ0) is 25.7. The van der Waals surface area contributed by atoms with Gasteiger partial charge in [-0.3, -0.25) is 9.89 Å². The Morgan fingerprint density at radius 3 is 2.73 bits per heavy atom. The third kappa shape index (κ3) is 4.07. The molecular formula is C28H27BN3O4P. The number of fused-ring (bicyclic) bond motifs is 2. The van der Waals surface area contributed by atoms with Gasteiger partial charge in [-0.1, -0.05) is 29.6 Å². The fourth-order valence-electron chi connectivity index (χ4n) is 5.54. The summed E-state index contributed by atoms with van der Waals surface area (Å²) in [6, 6.07) is 10.7. The molecule has 1 unspecified atom stereocenters. The van der Waals surface area contributed by atoms with Crippen molar-refractivity contribution in [2.24, 2.45) is 5.41 Å². The third-order valence-electron chi connectivity index (χ3n) is 7.84. The first kappa shape index (κ1) is 24.0. The lowest BCUT2D eigenvalue weighted by Crippen LogP contribution is -2.48. The van der Waals surface area contributed by atoms with Gasteiger partial charge in [-0.2, -0.15) is 5.10 Å². The molecule has 9 heteroatoms. The standard InChI is InChI=1S/C28H27BN3O4P/c1-2-28(27(33)34)12-18(13-28)36-26-20-11-22-17(14-30-32-22)9-19(20)24(16-3-4-23(37)21(29)10-16)25(31-26)15-5-7-35-8-6-15/h1,3-4,9-11,14-15,18H,5-8,12-13,29,37H2,(H,30,32)(H,33,34). The SMILES string of the molecule is Bc1cc(-c2c(C3CCOCC3)nc(OC3CC(C#C)(C(=O)O)C3)c3cc4[nH]ncc4cc23)ccc1P. The van der Waals surface area contributed by atoms with Gasteiger partial charge in [-0.15, -0.1) is 15.7 Å². The molecule has 1 aliphatic carbocycles. The van der Waals surface area contributed by atoms with Gasteiger partial charge in [-0.05, 0) is 41.2 Å². The van der Waals surface area contributed by atoms with Crippen molar-refractivity contribution < 1.29 is 19.4 Å². The molecule has 1 saturated heterocycles. The van der Waals surface area contributed by atoms with Crippen molar-refractivity contribution in [1.29, 1.82) is 0 Å². The van der Waals surface area contributed by atoms with Crippen LogP contribution in [0.2, 0.25) is 0 Å². The molecule has 0 amide bonds. The first-order chi connectivity index (χ1) is 17.9. The second-order valence-electron chi connectivity index (χ2n) is 10.2. The number of ether oxygens (including phenoxy) is 2. The summed E-state index contributed by atoms with van der Waals surface area (Å²) in [5.41, 5.74) is 4.10. The quantitative estimate of drug-likeness (QED) is 0.243. The summed E-state index contributed by atoms with van der Waals surface area (Å²) in [4.78, 5) is 16.9. The number of benzene rings is 2. The largest absolute Gasteiger partial charge is 0.480 e. The summed E-state index contributed by atoms with van der Waals surface area (Å²) >= 11 is 0. The van der Waals surface area contributed by atoms with E-state index in [9.17, 15) is 9.90 Å². The molecule has 2 fully saturated rings. The minimum absolute atomic E-state index is 0.219. The smallest absolute Gasteiger partial charge is 0.322 e. The minimum atomic E-state index is -1.17. The molecule has 0 bridgehead atoms. The number of H-pyrrole nitrogens is 1. The second-order valence-corrected chi connectivity index (χ2v) is 10.8. The molecule has 6 rings (SSSR count). The highest BCUT2D eigenvalue weighted by Gasteiger charge is 2.51.